The Hall–Kier alpha value is -2.52. The number of methoxy groups -OCH3 is 1. The number of rotatable bonds is 9. The Labute approximate surface area is 210 Å². The van der Waals surface area contributed by atoms with Gasteiger partial charge in [-0.2, -0.15) is 0 Å². The Morgan fingerprint density at radius 2 is 2.03 bits per heavy atom. The molecule has 2 aromatic rings. The number of carbonyl (C=O) groups is 2. The quantitative estimate of drug-likeness (QED) is 0.509. The Morgan fingerprint density at radius 1 is 1.23 bits per heavy atom. The van der Waals surface area contributed by atoms with Crippen molar-refractivity contribution < 1.29 is 18.7 Å². The molecule has 1 atom stereocenters. The van der Waals surface area contributed by atoms with Gasteiger partial charge in [-0.05, 0) is 43.4 Å². The van der Waals surface area contributed by atoms with E-state index in [0.717, 1.165) is 67.7 Å². The van der Waals surface area contributed by atoms with Crippen LogP contribution in [0.1, 0.15) is 67.5 Å². The van der Waals surface area contributed by atoms with Crippen LogP contribution in [-0.4, -0.2) is 59.9 Å². The fraction of sp³-hybridized carbons (Fsp3) is 0.577. The molecule has 2 heterocycles. The first kappa shape index (κ1) is 25.6. The lowest BCUT2D eigenvalue weighted by Gasteiger charge is -2.37. The zero-order valence-corrected chi connectivity index (χ0v) is 21.5. The summed E-state index contributed by atoms with van der Waals surface area (Å²) < 4.78 is 19.0. The van der Waals surface area contributed by atoms with Gasteiger partial charge in [-0.15, -0.1) is 11.3 Å². The minimum absolute atomic E-state index is 0.000265. The van der Waals surface area contributed by atoms with Gasteiger partial charge < -0.3 is 15.0 Å². The largest absolute Gasteiger partial charge is 0.494 e. The molecule has 0 radical (unpaired) electrons. The molecule has 1 aromatic carbocycles. The molecule has 1 unspecified atom stereocenters. The fourth-order valence-corrected chi connectivity index (χ4v) is 5.92. The fourth-order valence-electron chi connectivity index (χ4n) is 4.84. The Morgan fingerprint density at radius 3 is 2.74 bits per heavy atom. The zero-order chi connectivity index (χ0) is 24.8. The van der Waals surface area contributed by atoms with Gasteiger partial charge in [-0.1, -0.05) is 25.8 Å². The number of hydrogen-bond acceptors (Lipinski definition) is 6. The molecule has 0 spiro atoms. The van der Waals surface area contributed by atoms with Gasteiger partial charge in [0.2, 0.25) is 11.8 Å². The van der Waals surface area contributed by atoms with Gasteiger partial charge in [-0.25, -0.2) is 9.37 Å². The number of thiazole rings is 1. The van der Waals surface area contributed by atoms with Crippen LogP contribution >= 0.6 is 11.3 Å². The van der Waals surface area contributed by atoms with E-state index in [4.69, 9.17) is 9.72 Å². The second-order valence-electron chi connectivity index (χ2n) is 9.35. The molecule has 190 valence electrons. The lowest BCUT2D eigenvalue weighted by molar-refractivity contribution is -0.135. The minimum Gasteiger partial charge on any atom is -0.494 e. The number of anilines is 1. The van der Waals surface area contributed by atoms with Crippen molar-refractivity contribution in [2.45, 2.75) is 64.3 Å². The van der Waals surface area contributed by atoms with Gasteiger partial charge in [0.1, 0.15) is 0 Å². The maximum Gasteiger partial charge on any atom is 0.231 e. The van der Waals surface area contributed by atoms with Crippen molar-refractivity contribution in [1.29, 1.82) is 0 Å². The molecule has 1 aromatic heterocycles. The van der Waals surface area contributed by atoms with Gasteiger partial charge in [-0.3, -0.25) is 14.5 Å². The van der Waals surface area contributed by atoms with Crippen molar-refractivity contribution >= 4 is 28.3 Å². The molecule has 1 N–H and O–H groups in total. The SMILES string of the molecule is CCCCCC(=O)Nc1nc2c(s1)CCCC2C(=O)N1CCN(Cc2ccc(OC)c(F)c2)CC1. The molecule has 1 fully saturated rings. The van der Waals surface area contributed by atoms with Crippen LogP contribution in [0.3, 0.4) is 0 Å². The number of ether oxygens (including phenoxy) is 1. The number of amides is 2. The topological polar surface area (TPSA) is 74.8 Å². The average molecular weight is 503 g/mol. The number of aryl methyl sites for hydroxylation is 1. The number of unbranched alkanes of at least 4 members (excludes halogenated alkanes) is 2. The molecular weight excluding hydrogens is 467 g/mol. The highest BCUT2D eigenvalue weighted by Crippen LogP contribution is 2.38. The second-order valence-corrected chi connectivity index (χ2v) is 10.4. The number of piperazine rings is 1. The van der Waals surface area contributed by atoms with Gasteiger partial charge >= 0.3 is 0 Å². The molecule has 1 aliphatic carbocycles. The molecule has 1 aliphatic heterocycles. The van der Waals surface area contributed by atoms with E-state index >= 15 is 0 Å². The van der Waals surface area contributed by atoms with Crippen molar-refractivity contribution in [1.82, 2.24) is 14.8 Å². The van der Waals surface area contributed by atoms with Crippen molar-refractivity contribution in [3.8, 4) is 5.75 Å². The Balaban J connectivity index is 1.32. The van der Waals surface area contributed by atoms with Gasteiger partial charge in [0.15, 0.2) is 16.7 Å². The van der Waals surface area contributed by atoms with E-state index in [1.807, 2.05) is 11.0 Å². The first-order valence-corrected chi connectivity index (χ1v) is 13.4. The summed E-state index contributed by atoms with van der Waals surface area (Å²) in [6.45, 7) is 5.54. The van der Waals surface area contributed by atoms with Crippen LogP contribution in [0.5, 0.6) is 5.75 Å². The van der Waals surface area contributed by atoms with E-state index in [1.54, 1.807) is 6.07 Å². The molecule has 1 saturated heterocycles. The second kappa shape index (κ2) is 11.9. The highest BCUT2D eigenvalue weighted by Gasteiger charge is 2.34. The van der Waals surface area contributed by atoms with Crippen LogP contribution in [0.15, 0.2) is 18.2 Å². The predicted molar refractivity (Wildman–Crippen MR) is 135 cm³/mol. The molecule has 2 amide bonds. The molecular formula is C26H35FN4O3S. The summed E-state index contributed by atoms with van der Waals surface area (Å²) in [6, 6.07) is 5.05. The molecule has 2 aliphatic rings. The normalized spacial score (nSPS) is 18.3. The first-order valence-electron chi connectivity index (χ1n) is 12.6. The maximum atomic E-state index is 14.0. The van der Waals surface area contributed by atoms with E-state index in [9.17, 15) is 14.0 Å². The number of aromatic nitrogens is 1. The van der Waals surface area contributed by atoms with Crippen molar-refractivity contribution in [2.24, 2.45) is 0 Å². The summed E-state index contributed by atoms with van der Waals surface area (Å²) in [6.07, 6.45) is 6.18. The third-order valence-corrected chi connectivity index (χ3v) is 7.86. The van der Waals surface area contributed by atoms with Crippen LogP contribution in [0.4, 0.5) is 9.52 Å². The third kappa shape index (κ3) is 6.38. The third-order valence-electron chi connectivity index (χ3n) is 6.81. The van der Waals surface area contributed by atoms with Crippen molar-refractivity contribution in [3.63, 3.8) is 0 Å². The van der Waals surface area contributed by atoms with E-state index < -0.39 is 0 Å². The predicted octanol–water partition coefficient (Wildman–Crippen LogP) is 4.57. The lowest BCUT2D eigenvalue weighted by Crippen LogP contribution is -2.49. The highest BCUT2D eigenvalue weighted by atomic mass is 32.1. The number of carbonyl (C=O) groups excluding carboxylic acids is 2. The zero-order valence-electron chi connectivity index (χ0n) is 20.6. The summed E-state index contributed by atoms with van der Waals surface area (Å²) >= 11 is 1.51. The van der Waals surface area contributed by atoms with Gasteiger partial charge in [0.25, 0.3) is 0 Å². The van der Waals surface area contributed by atoms with E-state index in [0.29, 0.717) is 31.2 Å². The van der Waals surface area contributed by atoms with Crippen molar-refractivity contribution in [2.75, 3.05) is 38.6 Å². The van der Waals surface area contributed by atoms with Crippen LogP contribution in [0.25, 0.3) is 0 Å². The highest BCUT2D eigenvalue weighted by molar-refractivity contribution is 7.15. The molecule has 7 nitrogen and oxygen atoms in total. The van der Waals surface area contributed by atoms with Crippen LogP contribution in [-0.2, 0) is 22.6 Å². The number of benzene rings is 1. The average Bonchev–Trinajstić information content (AvgIpc) is 3.27. The number of fused-ring (bicyclic) bond motifs is 1. The molecule has 35 heavy (non-hydrogen) atoms. The number of halogens is 1. The standard InChI is InChI=1S/C26H35FN4O3S/c1-3-4-5-9-23(32)28-26-29-24-19(7-6-8-22(24)35-26)25(33)31-14-12-30(13-15-31)17-18-10-11-21(34-2)20(27)16-18/h10-11,16,19H,3-9,12-15,17H2,1-2H3,(H,28,29,32). The minimum atomic E-state index is -0.355. The maximum absolute atomic E-state index is 14.0. The van der Waals surface area contributed by atoms with E-state index in [1.165, 1.54) is 24.5 Å². The van der Waals surface area contributed by atoms with Crippen LogP contribution in [0.2, 0.25) is 0 Å². The molecule has 0 saturated carbocycles. The number of nitrogens with zero attached hydrogens (tertiary/aromatic N) is 3. The molecule has 9 heteroatoms. The van der Waals surface area contributed by atoms with Gasteiger partial charge in [0, 0.05) is 44.0 Å². The molecule has 0 bridgehead atoms. The van der Waals surface area contributed by atoms with E-state index in [2.05, 4.69) is 17.1 Å². The lowest BCUT2D eigenvalue weighted by atomic mass is 9.89. The summed E-state index contributed by atoms with van der Waals surface area (Å²) in [5, 5.41) is 3.56. The van der Waals surface area contributed by atoms with E-state index in [-0.39, 0.29) is 29.3 Å². The Kier molecular flexibility index (Phi) is 8.73. The smallest absolute Gasteiger partial charge is 0.231 e. The molecule has 4 rings (SSSR count). The summed E-state index contributed by atoms with van der Waals surface area (Å²) in [7, 11) is 1.46. The summed E-state index contributed by atoms with van der Waals surface area (Å²) in [5.74, 6) is -0.209. The number of nitrogens with one attached hydrogen (secondary N) is 1. The van der Waals surface area contributed by atoms with Crippen LogP contribution < -0.4 is 10.1 Å². The first-order chi connectivity index (χ1) is 17.0. The Bertz CT molecular complexity index is 1040. The number of hydrogen-bond donors (Lipinski definition) is 1. The summed E-state index contributed by atoms with van der Waals surface area (Å²) in [4.78, 5) is 35.6. The van der Waals surface area contributed by atoms with Gasteiger partial charge in [0.05, 0.1) is 18.7 Å². The monoisotopic (exact) mass is 502 g/mol. The van der Waals surface area contributed by atoms with Crippen LogP contribution in [0, 0.1) is 5.82 Å². The summed E-state index contributed by atoms with van der Waals surface area (Å²) in [5.41, 5.74) is 1.75. The van der Waals surface area contributed by atoms with Crippen molar-refractivity contribution in [3.05, 3.63) is 40.2 Å².